The maximum absolute atomic E-state index is 11.1. The van der Waals surface area contributed by atoms with Crippen LogP contribution in [0.4, 0.5) is 5.69 Å². The van der Waals surface area contributed by atoms with Crippen molar-refractivity contribution in [1.29, 1.82) is 0 Å². The van der Waals surface area contributed by atoms with Crippen molar-refractivity contribution in [2.75, 3.05) is 5.32 Å². The van der Waals surface area contributed by atoms with Crippen LogP contribution in [0.5, 0.6) is 0 Å². The van der Waals surface area contributed by atoms with Crippen LogP contribution in [-0.4, -0.2) is 23.3 Å². The molecule has 19 heavy (non-hydrogen) atoms. The minimum absolute atomic E-state index is 0.294. The summed E-state index contributed by atoms with van der Waals surface area (Å²) in [4.78, 5) is 15.4. The van der Waals surface area contributed by atoms with E-state index in [1.165, 1.54) is 0 Å². The third-order valence-corrected chi connectivity index (χ3v) is 3.02. The van der Waals surface area contributed by atoms with Gasteiger partial charge in [0.15, 0.2) is 0 Å². The third kappa shape index (κ3) is 3.22. The van der Waals surface area contributed by atoms with Gasteiger partial charge >= 0.3 is 5.97 Å². The molecular formula is C15H18N2O2. The van der Waals surface area contributed by atoms with Crippen molar-refractivity contribution in [2.24, 2.45) is 4.99 Å². The number of aromatic carboxylic acids is 1. The molecule has 0 radical (unpaired) electrons. The number of nitrogens with one attached hydrogen (secondary N) is 1. The van der Waals surface area contributed by atoms with E-state index in [1.54, 1.807) is 18.3 Å². The number of allylic oxidation sites excluding steroid dienone is 1. The smallest absolute Gasteiger partial charge is 0.335 e. The molecule has 2 N–H and O–H groups in total. The number of nitrogens with zero attached hydrogens (tertiary/aromatic N) is 1. The van der Waals surface area contributed by atoms with Gasteiger partial charge in [-0.05, 0) is 44.9 Å². The molecule has 0 bridgehead atoms. The van der Waals surface area contributed by atoms with Crippen molar-refractivity contribution in [3.63, 3.8) is 0 Å². The molecule has 1 aliphatic rings. The molecule has 0 amide bonds. The van der Waals surface area contributed by atoms with Crippen LogP contribution in [0.2, 0.25) is 0 Å². The largest absolute Gasteiger partial charge is 0.478 e. The van der Waals surface area contributed by atoms with Gasteiger partial charge in [0.1, 0.15) is 0 Å². The second-order valence-corrected chi connectivity index (χ2v) is 4.55. The van der Waals surface area contributed by atoms with Gasteiger partial charge in [-0.2, -0.15) is 0 Å². The van der Waals surface area contributed by atoms with Crippen LogP contribution in [0.15, 0.2) is 29.3 Å². The third-order valence-electron chi connectivity index (χ3n) is 3.02. The Hall–Kier alpha value is -2.10. The van der Waals surface area contributed by atoms with Crippen LogP contribution in [0.3, 0.4) is 0 Å². The van der Waals surface area contributed by atoms with Crippen molar-refractivity contribution in [3.05, 3.63) is 35.4 Å². The second kappa shape index (κ2) is 5.69. The summed E-state index contributed by atoms with van der Waals surface area (Å²) in [7, 11) is 0. The van der Waals surface area contributed by atoms with Gasteiger partial charge in [-0.1, -0.05) is 6.08 Å². The molecule has 100 valence electrons. The molecule has 0 aliphatic heterocycles. The van der Waals surface area contributed by atoms with Gasteiger partial charge in [0.05, 0.1) is 11.3 Å². The van der Waals surface area contributed by atoms with Crippen molar-refractivity contribution < 1.29 is 9.90 Å². The fourth-order valence-electron chi connectivity index (χ4n) is 1.91. The first-order valence-corrected chi connectivity index (χ1v) is 6.45. The number of aliphatic imine (C=N–C) groups is 1. The molecule has 0 unspecified atom stereocenters. The average Bonchev–Trinajstić information content (AvgIpc) is 3.20. The summed E-state index contributed by atoms with van der Waals surface area (Å²) in [6.07, 6.45) is 5.94. The van der Waals surface area contributed by atoms with Crippen LogP contribution in [0.25, 0.3) is 5.70 Å². The molecule has 4 nitrogen and oxygen atoms in total. The second-order valence-electron chi connectivity index (χ2n) is 4.55. The predicted molar refractivity (Wildman–Crippen MR) is 77.9 cm³/mol. The lowest BCUT2D eigenvalue weighted by atomic mass is 10.1. The Bertz CT molecular complexity index is 543. The topological polar surface area (TPSA) is 61.7 Å². The molecule has 0 heterocycles. The van der Waals surface area contributed by atoms with Crippen LogP contribution in [0, 0.1) is 0 Å². The number of hydrogen-bond donors (Lipinski definition) is 2. The highest BCUT2D eigenvalue weighted by Crippen LogP contribution is 2.31. The quantitative estimate of drug-likeness (QED) is 0.795. The van der Waals surface area contributed by atoms with E-state index in [9.17, 15) is 4.79 Å². The van der Waals surface area contributed by atoms with Gasteiger partial charge < -0.3 is 10.4 Å². The summed E-state index contributed by atoms with van der Waals surface area (Å²) in [6.45, 7) is 3.79. The molecule has 1 aromatic rings. The first-order valence-electron chi connectivity index (χ1n) is 6.45. The molecule has 4 heteroatoms. The standard InChI is InChI=1S/C15H18N2O2/c1-3-13(16-4-2)12-8-5-10(15(18)19)9-14(12)17-11-6-7-11/h3-5,8-9,11,17H,6-7H2,1-2H3,(H,18,19)/b13-3-,16-4?. The summed E-state index contributed by atoms with van der Waals surface area (Å²) in [5.41, 5.74) is 2.93. The van der Waals surface area contributed by atoms with Gasteiger partial charge in [-0.3, -0.25) is 4.99 Å². The molecule has 0 atom stereocenters. The zero-order chi connectivity index (χ0) is 13.8. The number of carboxylic acid groups (broad SMARTS) is 1. The van der Waals surface area contributed by atoms with Crippen molar-refractivity contribution in [2.45, 2.75) is 32.7 Å². The lowest BCUT2D eigenvalue weighted by molar-refractivity contribution is 0.0697. The van der Waals surface area contributed by atoms with Gasteiger partial charge in [-0.25, -0.2) is 4.79 Å². The Kier molecular flexibility index (Phi) is 4.00. The highest BCUT2D eigenvalue weighted by atomic mass is 16.4. The van der Waals surface area contributed by atoms with E-state index in [1.807, 2.05) is 26.0 Å². The summed E-state index contributed by atoms with van der Waals surface area (Å²) in [6, 6.07) is 5.58. The molecule has 1 saturated carbocycles. The van der Waals surface area contributed by atoms with E-state index in [2.05, 4.69) is 10.3 Å². The van der Waals surface area contributed by atoms with E-state index in [-0.39, 0.29) is 0 Å². The van der Waals surface area contributed by atoms with Gasteiger partial charge in [-0.15, -0.1) is 0 Å². The summed E-state index contributed by atoms with van der Waals surface area (Å²) in [5, 5.41) is 12.5. The van der Waals surface area contributed by atoms with Gasteiger partial charge in [0.2, 0.25) is 0 Å². The minimum atomic E-state index is -0.911. The van der Waals surface area contributed by atoms with E-state index >= 15 is 0 Å². The predicted octanol–water partition coefficient (Wildman–Crippen LogP) is 3.41. The van der Waals surface area contributed by atoms with Crippen LogP contribution < -0.4 is 5.32 Å². The number of anilines is 1. The molecule has 0 spiro atoms. The van der Waals surface area contributed by atoms with E-state index in [0.717, 1.165) is 29.8 Å². The lowest BCUT2D eigenvalue weighted by Gasteiger charge is -2.12. The Labute approximate surface area is 112 Å². The number of rotatable bonds is 5. The molecule has 0 saturated heterocycles. The normalized spacial score (nSPS) is 15.8. The van der Waals surface area contributed by atoms with E-state index < -0.39 is 5.97 Å². The lowest BCUT2D eigenvalue weighted by Crippen LogP contribution is -2.06. The maximum atomic E-state index is 11.1. The average molecular weight is 258 g/mol. The van der Waals surface area contributed by atoms with E-state index in [0.29, 0.717) is 11.6 Å². The van der Waals surface area contributed by atoms with Gasteiger partial charge in [0.25, 0.3) is 0 Å². The first kappa shape index (κ1) is 13.3. The van der Waals surface area contributed by atoms with Crippen LogP contribution >= 0.6 is 0 Å². The molecule has 0 aromatic heterocycles. The molecule has 1 fully saturated rings. The summed E-state index contributed by atoms with van der Waals surface area (Å²) < 4.78 is 0. The Morgan fingerprint density at radius 2 is 2.16 bits per heavy atom. The first-order chi connectivity index (χ1) is 9.15. The number of benzene rings is 1. The fourth-order valence-corrected chi connectivity index (χ4v) is 1.91. The number of carbonyl (C=O) groups is 1. The zero-order valence-electron chi connectivity index (χ0n) is 11.2. The molecule has 1 aliphatic carbocycles. The Morgan fingerprint density at radius 1 is 1.42 bits per heavy atom. The maximum Gasteiger partial charge on any atom is 0.335 e. The highest BCUT2D eigenvalue weighted by Gasteiger charge is 2.23. The van der Waals surface area contributed by atoms with Crippen molar-refractivity contribution in [1.82, 2.24) is 0 Å². The van der Waals surface area contributed by atoms with E-state index in [4.69, 9.17) is 5.11 Å². The van der Waals surface area contributed by atoms with Crippen molar-refractivity contribution >= 4 is 23.6 Å². The number of carboxylic acids is 1. The van der Waals surface area contributed by atoms with Crippen LogP contribution in [-0.2, 0) is 0 Å². The number of hydrogen-bond acceptors (Lipinski definition) is 3. The Morgan fingerprint density at radius 3 is 2.68 bits per heavy atom. The van der Waals surface area contributed by atoms with Gasteiger partial charge in [0, 0.05) is 23.5 Å². The fraction of sp³-hybridized carbons (Fsp3) is 0.333. The molecular weight excluding hydrogens is 240 g/mol. The van der Waals surface area contributed by atoms with Crippen molar-refractivity contribution in [3.8, 4) is 0 Å². The monoisotopic (exact) mass is 258 g/mol. The molecule has 1 aromatic carbocycles. The summed E-state index contributed by atoms with van der Waals surface area (Å²) >= 11 is 0. The highest BCUT2D eigenvalue weighted by molar-refractivity contribution is 5.91. The van der Waals surface area contributed by atoms with Crippen LogP contribution in [0.1, 0.15) is 42.6 Å². The SMILES string of the molecule is CC=N/C(=C\C)c1ccc(C(=O)O)cc1NC1CC1. The minimum Gasteiger partial charge on any atom is -0.478 e. The molecule has 2 rings (SSSR count). The Balaban J connectivity index is 2.42. The zero-order valence-corrected chi connectivity index (χ0v) is 11.2. The summed E-state index contributed by atoms with van der Waals surface area (Å²) in [5.74, 6) is -0.911.